The molecule has 0 spiro atoms. The summed E-state index contributed by atoms with van der Waals surface area (Å²) in [6, 6.07) is 14.7. The van der Waals surface area contributed by atoms with E-state index in [1.165, 1.54) is 0 Å². The number of halogens is 1. The van der Waals surface area contributed by atoms with Gasteiger partial charge in [0.15, 0.2) is 6.61 Å². The molecule has 0 fully saturated rings. The van der Waals surface area contributed by atoms with Gasteiger partial charge in [0, 0.05) is 17.1 Å². The Bertz CT molecular complexity index is 839. The first-order chi connectivity index (χ1) is 14.3. The summed E-state index contributed by atoms with van der Waals surface area (Å²) < 4.78 is 6.64. The molecule has 2 aromatic rings. The van der Waals surface area contributed by atoms with Gasteiger partial charge in [-0.1, -0.05) is 54.0 Å². The van der Waals surface area contributed by atoms with Crippen LogP contribution in [0.15, 0.2) is 53.0 Å². The standard InChI is InChI=1S/C24H31BrN2O3/c1-5-18(4)26-24(29)22(6-2)27(15-19-10-8-7-9-17(19)3)23(28)16-30-21-13-11-20(25)12-14-21/h7-14,18,22H,5-6,15-16H2,1-4H3,(H,26,29). The van der Waals surface area contributed by atoms with E-state index in [1.54, 1.807) is 17.0 Å². The monoisotopic (exact) mass is 474 g/mol. The second-order valence-corrected chi connectivity index (χ2v) is 8.35. The number of hydrogen-bond donors (Lipinski definition) is 1. The second-order valence-electron chi connectivity index (χ2n) is 7.43. The highest BCUT2D eigenvalue weighted by atomic mass is 79.9. The molecule has 2 amide bonds. The lowest BCUT2D eigenvalue weighted by Gasteiger charge is -2.31. The molecule has 0 radical (unpaired) electrons. The third kappa shape index (κ3) is 6.87. The molecule has 0 aromatic heterocycles. The summed E-state index contributed by atoms with van der Waals surface area (Å²) >= 11 is 3.39. The smallest absolute Gasteiger partial charge is 0.261 e. The highest BCUT2D eigenvalue weighted by molar-refractivity contribution is 9.10. The molecule has 0 saturated carbocycles. The van der Waals surface area contributed by atoms with E-state index in [1.807, 2.05) is 64.1 Å². The molecule has 0 heterocycles. The molecule has 2 unspecified atom stereocenters. The van der Waals surface area contributed by atoms with Crippen LogP contribution in [0.25, 0.3) is 0 Å². The number of carbonyl (C=O) groups is 2. The zero-order valence-corrected chi connectivity index (χ0v) is 19.7. The molecule has 0 aliphatic carbocycles. The van der Waals surface area contributed by atoms with Crippen molar-refractivity contribution in [3.8, 4) is 5.75 Å². The minimum absolute atomic E-state index is 0.0565. The molecule has 0 bridgehead atoms. The van der Waals surface area contributed by atoms with Gasteiger partial charge in [0.25, 0.3) is 5.91 Å². The zero-order valence-electron chi connectivity index (χ0n) is 18.2. The molecule has 30 heavy (non-hydrogen) atoms. The van der Waals surface area contributed by atoms with Gasteiger partial charge in [-0.05, 0) is 62.1 Å². The Labute approximate surface area is 187 Å². The van der Waals surface area contributed by atoms with Gasteiger partial charge in [-0.2, -0.15) is 0 Å². The summed E-state index contributed by atoms with van der Waals surface area (Å²) in [5.74, 6) is 0.268. The lowest BCUT2D eigenvalue weighted by molar-refractivity contribution is -0.143. The van der Waals surface area contributed by atoms with Gasteiger partial charge >= 0.3 is 0 Å². The highest BCUT2D eigenvalue weighted by Gasteiger charge is 2.29. The van der Waals surface area contributed by atoms with Gasteiger partial charge in [-0.15, -0.1) is 0 Å². The summed E-state index contributed by atoms with van der Waals surface area (Å²) in [6.07, 6.45) is 1.36. The maximum atomic E-state index is 13.2. The van der Waals surface area contributed by atoms with Crippen molar-refractivity contribution in [3.05, 3.63) is 64.1 Å². The number of hydrogen-bond acceptors (Lipinski definition) is 3. The van der Waals surface area contributed by atoms with Gasteiger partial charge < -0.3 is 15.0 Å². The maximum absolute atomic E-state index is 13.2. The molecule has 2 rings (SSSR count). The molecule has 0 aliphatic heterocycles. The van der Waals surface area contributed by atoms with Crippen LogP contribution in [0.5, 0.6) is 5.75 Å². The van der Waals surface area contributed by atoms with Crippen LogP contribution in [0.4, 0.5) is 0 Å². The van der Waals surface area contributed by atoms with Crippen LogP contribution < -0.4 is 10.1 Å². The molecule has 1 N–H and O–H groups in total. The van der Waals surface area contributed by atoms with E-state index in [0.29, 0.717) is 18.7 Å². The topological polar surface area (TPSA) is 58.6 Å². The fraction of sp³-hybridized carbons (Fsp3) is 0.417. The number of benzene rings is 2. The SMILES string of the molecule is CCC(C)NC(=O)C(CC)N(Cc1ccccc1C)C(=O)COc1ccc(Br)cc1. The van der Waals surface area contributed by atoms with Crippen LogP contribution in [-0.4, -0.2) is 35.4 Å². The highest BCUT2D eigenvalue weighted by Crippen LogP contribution is 2.18. The summed E-state index contributed by atoms with van der Waals surface area (Å²) in [7, 11) is 0. The maximum Gasteiger partial charge on any atom is 0.261 e. The summed E-state index contributed by atoms with van der Waals surface area (Å²) in [6.45, 7) is 8.16. The Hall–Kier alpha value is -2.34. The number of nitrogens with zero attached hydrogens (tertiary/aromatic N) is 1. The Balaban J connectivity index is 2.21. The van der Waals surface area contributed by atoms with Crippen LogP contribution >= 0.6 is 15.9 Å². The van der Waals surface area contributed by atoms with Crippen molar-refractivity contribution in [1.82, 2.24) is 10.2 Å². The van der Waals surface area contributed by atoms with Gasteiger partial charge in [-0.25, -0.2) is 0 Å². The normalized spacial score (nSPS) is 12.7. The predicted octanol–water partition coefficient (Wildman–Crippen LogP) is 4.86. The van der Waals surface area contributed by atoms with E-state index in [-0.39, 0.29) is 24.5 Å². The number of carbonyl (C=O) groups excluding carboxylic acids is 2. The van der Waals surface area contributed by atoms with E-state index >= 15 is 0 Å². The summed E-state index contributed by atoms with van der Waals surface area (Å²) in [4.78, 5) is 27.7. The quantitative estimate of drug-likeness (QED) is 0.534. The predicted molar refractivity (Wildman–Crippen MR) is 123 cm³/mol. The van der Waals surface area contributed by atoms with Crippen LogP contribution in [0.3, 0.4) is 0 Å². The van der Waals surface area contributed by atoms with Crippen LogP contribution in [0, 0.1) is 6.92 Å². The van der Waals surface area contributed by atoms with E-state index in [2.05, 4.69) is 21.2 Å². The summed E-state index contributed by atoms with van der Waals surface area (Å²) in [5, 5.41) is 3.02. The minimum Gasteiger partial charge on any atom is -0.484 e. The fourth-order valence-corrected chi connectivity index (χ4v) is 3.35. The Morgan fingerprint density at radius 1 is 1.07 bits per heavy atom. The Morgan fingerprint density at radius 2 is 1.73 bits per heavy atom. The molecule has 6 heteroatoms. The fourth-order valence-electron chi connectivity index (χ4n) is 3.09. The van der Waals surface area contributed by atoms with Gasteiger partial charge in [-0.3, -0.25) is 9.59 Å². The molecular weight excluding hydrogens is 444 g/mol. The first-order valence-corrected chi connectivity index (χ1v) is 11.2. The summed E-state index contributed by atoms with van der Waals surface area (Å²) in [5.41, 5.74) is 2.10. The van der Waals surface area contributed by atoms with Crippen molar-refractivity contribution in [2.75, 3.05) is 6.61 Å². The van der Waals surface area contributed by atoms with Crippen molar-refractivity contribution in [3.63, 3.8) is 0 Å². The first kappa shape index (κ1) is 23.9. The van der Waals surface area contributed by atoms with Crippen molar-refractivity contribution in [2.24, 2.45) is 0 Å². The van der Waals surface area contributed by atoms with E-state index in [9.17, 15) is 9.59 Å². The first-order valence-electron chi connectivity index (χ1n) is 10.4. The molecule has 0 saturated heterocycles. The third-order valence-corrected chi connectivity index (χ3v) is 5.69. The van der Waals surface area contributed by atoms with Crippen LogP contribution in [0.2, 0.25) is 0 Å². The number of aryl methyl sites for hydroxylation is 1. The van der Waals surface area contributed by atoms with E-state index in [4.69, 9.17) is 4.74 Å². The number of ether oxygens (including phenoxy) is 1. The van der Waals surface area contributed by atoms with Crippen molar-refractivity contribution >= 4 is 27.7 Å². The molecule has 2 aromatic carbocycles. The van der Waals surface area contributed by atoms with E-state index in [0.717, 1.165) is 22.0 Å². The lowest BCUT2D eigenvalue weighted by Crippen LogP contribution is -2.51. The van der Waals surface area contributed by atoms with E-state index < -0.39 is 6.04 Å². The van der Waals surface area contributed by atoms with Gasteiger partial charge in [0.05, 0.1) is 0 Å². The van der Waals surface area contributed by atoms with Gasteiger partial charge in [0.1, 0.15) is 11.8 Å². The van der Waals surface area contributed by atoms with Crippen LogP contribution in [0.1, 0.15) is 44.7 Å². The lowest BCUT2D eigenvalue weighted by atomic mass is 10.1. The molecule has 0 aliphatic rings. The molecule has 2 atom stereocenters. The molecular formula is C24H31BrN2O3. The largest absolute Gasteiger partial charge is 0.484 e. The molecule has 162 valence electrons. The van der Waals surface area contributed by atoms with Crippen molar-refractivity contribution < 1.29 is 14.3 Å². The van der Waals surface area contributed by atoms with Crippen molar-refractivity contribution in [1.29, 1.82) is 0 Å². The minimum atomic E-state index is -0.556. The zero-order chi connectivity index (χ0) is 22.1. The Kier molecular flexibility index (Phi) is 9.37. The molecule has 5 nitrogen and oxygen atoms in total. The average Bonchev–Trinajstić information content (AvgIpc) is 2.74. The number of nitrogens with one attached hydrogen (secondary N) is 1. The average molecular weight is 475 g/mol. The second kappa shape index (κ2) is 11.7. The number of rotatable bonds is 10. The van der Waals surface area contributed by atoms with Crippen molar-refractivity contribution in [2.45, 2.75) is 59.2 Å². The third-order valence-electron chi connectivity index (χ3n) is 5.16. The Morgan fingerprint density at radius 3 is 2.33 bits per heavy atom. The van der Waals surface area contributed by atoms with Gasteiger partial charge in [0.2, 0.25) is 5.91 Å². The van der Waals surface area contributed by atoms with Crippen LogP contribution in [-0.2, 0) is 16.1 Å². The number of amides is 2.